The van der Waals surface area contributed by atoms with E-state index >= 15 is 0 Å². The lowest BCUT2D eigenvalue weighted by atomic mass is 10.2. The molecule has 0 saturated carbocycles. The molecule has 0 unspecified atom stereocenters. The molecule has 0 fully saturated rings. The summed E-state index contributed by atoms with van der Waals surface area (Å²) in [5.74, 6) is -0.535. The first-order valence-electron chi connectivity index (χ1n) is 7.35. The molecule has 0 bridgehead atoms. The molecule has 21 heavy (non-hydrogen) atoms. The van der Waals surface area contributed by atoms with Gasteiger partial charge in [-0.05, 0) is 37.1 Å². The molecule has 1 aromatic rings. The zero-order valence-corrected chi connectivity index (χ0v) is 14.0. The van der Waals surface area contributed by atoms with Crippen molar-refractivity contribution in [1.82, 2.24) is 9.62 Å². The Morgan fingerprint density at radius 3 is 2.38 bits per heavy atom. The molecule has 0 aliphatic heterocycles. The number of nitrogens with zero attached hydrogens (tertiary/aromatic N) is 1. The Balaban J connectivity index is 3.25. The van der Waals surface area contributed by atoms with Gasteiger partial charge in [-0.25, -0.2) is 12.8 Å². The summed E-state index contributed by atoms with van der Waals surface area (Å²) >= 11 is 0. The number of rotatable bonds is 8. The average molecular weight is 316 g/mol. The van der Waals surface area contributed by atoms with Gasteiger partial charge < -0.3 is 5.32 Å². The van der Waals surface area contributed by atoms with Crippen LogP contribution in [-0.2, 0) is 16.6 Å². The SMILES string of the molecule is CCNCc1ccc(F)cc1S(=O)(=O)N(C)C(CC)CC. The van der Waals surface area contributed by atoms with E-state index in [9.17, 15) is 12.8 Å². The summed E-state index contributed by atoms with van der Waals surface area (Å²) in [6.07, 6.45) is 1.45. The van der Waals surface area contributed by atoms with Crippen molar-refractivity contribution >= 4 is 10.0 Å². The Morgan fingerprint density at radius 1 is 1.24 bits per heavy atom. The van der Waals surface area contributed by atoms with Crippen molar-refractivity contribution in [2.45, 2.75) is 51.1 Å². The number of hydrogen-bond acceptors (Lipinski definition) is 3. The van der Waals surface area contributed by atoms with Gasteiger partial charge in [-0.2, -0.15) is 4.31 Å². The minimum atomic E-state index is -3.69. The van der Waals surface area contributed by atoms with Gasteiger partial charge in [-0.15, -0.1) is 0 Å². The van der Waals surface area contributed by atoms with Gasteiger partial charge in [0, 0.05) is 19.6 Å². The van der Waals surface area contributed by atoms with E-state index in [1.54, 1.807) is 7.05 Å². The Kier molecular flexibility index (Phi) is 6.77. The van der Waals surface area contributed by atoms with Gasteiger partial charge in [0.1, 0.15) is 5.82 Å². The van der Waals surface area contributed by atoms with Gasteiger partial charge in [0.15, 0.2) is 0 Å². The normalized spacial score (nSPS) is 12.3. The standard InChI is InChI=1S/C15H25FN2O2S/c1-5-14(6-2)18(4)21(19,20)15-10-13(16)9-8-12(15)11-17-7-3/h8-10,14,17H,5-7,11H2,1-4H3. The van der Waals surface area contributed by atoms with Crippen molar-refractivity contribution in [3.05, 3.63) is 29.6 Å². The van der Waals surface area contributed by atoms with Crippen LogP contribution in [0, 0.1) is 5.82 Å². The van der Waals surface area contributed by atoms with Gasteiger partial charge in [0.25, 0.3) is 0 Å². The maximum absolute atomic E-state index is 13.5. The first kappa shape index (κ1) is 18.1. The molecule has 0 heterocycles. The highest BCUT2D eigenvalue weighted by Gasteiger charge is 2.28. The predicted octanol–water partition coefficient (Wildman–Crippen LogP) is 2.74. The third-order valence-electron chi connectivity index (χ3n) is 3.71. The number of benzene rings is 1. The smallest absolute Gasteiger partial charge is 0.243 e. The topological polar surface area (TPSA) is 49.4 Å². The van der Waals surface area contributed by atoms with Crippen molar-refractivity contribution in [2.75, 3.05) is 13.6 Å². The number of hydrogen-bond donors (Lipinski definition) is 1. The fourth-order valence-corrected chi connectivity index (χ4v) is 4.06. The van der Waals surface area contributed by atoms with Crippen molar-refractivity contribution in [1.29, 1.82) is 0 Å². The van der Waals surface area contributed by atoms with E-state index < -0.39 is 15.8 Å². The summed E-state index contributed by atoms with van der Waals surface area (Å²) in [6.45, 7) is 6.96. The largest absolute Gasteiger partial charge is 0.313 e. The van der Waals surface area contributed by atoms with E-state index in [1.807, 2.05) is 20.8 Å². The first-order valence-corrected chi connectivity index (χ1v) is 8.79. The first-order chi connectivity index (χ1) is 9.88. The van der Waals surface area contributed by atoms with Crippen LogP contribution in [0.5, 0.6) is 0 Å². The van der Waals surface area contributed by atoms with Crippen LogP contribution in [0.1, 0.15) is 39.2 Å². The molecule has 1 aromatic carbocycles. The minimum absolute atomic E-state index is 0.0536. The third-order valence-corrected chi connectivity index (χ3v) is 5.70. The van der Waals surface area contributed by atoms with Crippen LogP contribution in [-0.4, -0.2) is 32.4 Å². The third kappa shape index (κ3) is 4.25. The molecule has 120 valence electrons. The molecule has 0 aliphatic rings. The second-order valence-electron chi connectivity index (χ2n) is 5.02. The molecule has 0 radical (unpaired) electrons. The highest BCUT2D eigenvalue weighted by Crippen LogP contribution is 2.24. The number of sulfonamides is 1. The molecule has 0 atom stereocenters. The van der Waals surface area contributed by atoms with Crippen LogP contribution in [0.15, 0.2) is 23.1 Å². The van der Waals surface area contributed by atoms with Gasteiger partial charge in [0.05, 0.1) is 4.90 Å². The Hall–Kier alpha value is -0.980. The van der Waals surface area contributed by atoms with Crippen LogP contribution < -0.4 is 5.32 Å². The Labute approximate surface area is 127 Å². The molecule has 0 aromatic heterocycles. The molecule has 0 spiro atoms. The van der Waals surface area contributed by atoms with Crippen LogP contribution >= 0.6 is 0 Å². The molecule has 0 aliphatic carbocycles. The van der Waals surface area contributed by atoms with Crippen molar-refractivity contribution in [3.63, 3.8) is 0 Å². The molecule has 6 heteroatoms. The van der Waals surface area contributed by atoms with Crippen LogP contribution in [0.25, 0.3) is 0 Å². The Morgan fingerprint density at radius 2 is 1.86 bits per heavy atom. The highest BCUT2D eigenvalue weighted by molar-refractivity contribution is 7.89. The summed E-state index contributed by atoms with van der Waals surface area (Å²) in [5, 5.41) is 3.09. The predicted molar refractivity (Wildman–Crippen MR) is 83.1 cm³/mol. The van der Waals surface area contributed by atoms with Crippen molar-refractivity contribution in [3.8, 4) is 0 Å². The molecular weight excluding hydrogens is 291 g/mol. The summed E-state index contributed by atoms with van der Waals surface area (Å²) in [6, 6.07) is 3.86. The number of halogens is 1. The van der Waals surface area contributed by atoms with Gasteiger partial charge in [0.2, 0.25) is 10.0 Å². The van der Waals surface area contributed by atoms with Gasteiger partial charge >= 0.3 is 0 Å². The summed E-state index contributed by atoms with van der Waals surface area (Å²) < 4.78 is 40.4. The molecule has 0 saturated heterocycles. The van der Waals surface area contributed by atoms with Crippen LogP contribution in [0.2, 0.25) is 0 Å². The maximum Gasteiger partial charge on any atom is 0.243 e. The Bertz CT molecular complexity index is 557. The maximum atomic E-state index is 13.5. The molecule has 1 N–H and O–H groups in total. The summed E-state index contributed by atoms with van der Waals surface area (Å²) in [5.41, 5.74) is 0.594. The van der Waals surface area contributed by atoms with Gasteiger partial charge in [-0.1, -0.05) is 26.8 Å². The lowest BCUT2D eigenvalue weighted by molar-refractivity contribution is 0.349. The molecule has 1 rings (SSSR count). The summed E-state index contributed by atoms with van der Waals surface area (Å²) in [7, 11) is -2.13. The zero-order chi connectivity index (χ0) is 16.0. The monoisotopic (exact) mass is 316 g/mol. The molecule has 4 nitrogen and oxygen atoms in total. The lowest BCUT2D eigenvalue weighted by Crippen LogP contribution is -2.37. The van der Waals surface area contributed by atoms with E-state index in [1.165, 1.54) is 16.4 Å². The van der Waals surface area contributed by atoms with Crippen LogP contribution in [0.4, 0.5) is 4.39 Å². The second kappa shape index (κ2) is 7.87. The molecular formula is C15H25FN2O2S. The van der Waals surface area contributed by atoms with Crippen molar-refractivity contribution < 1.29 is 12.8 Å². The zero-order valence-electron chi connectivity index (χ0n) is 13.2. The van der Waals surface area contributed by atoms with Crippen molar-refractivity contribution in [2.24, 2.45) is 0 Å². The van der Waals surface area contributed by atoms with E-state index in [-0.39, 0.29) is 10.9 Å². The lowest BCUT2D eigenvalue weighted by Gasteiger charge is -2.26. The van der Waals surface area contributed by atoms with E-state index in [2.05, 4.69) is 5.32 Å². The molecule has 0 amide bonds. The quantitative estimate of drug-likeness (QED) is 0.802. The fraction of sp³-hybridized carbons (Fsp3) is 0.600. The average Bonchev–Trinajstić information content (AvgIpc) is 2.47. The van der Waals surface area contributed by atoms with E-state index in [0.717, 1.165) is 25.5 Å². The summed E-state index contributed by atoms with van der Waals surface area (Å²) in [4.78, 5) is 0.0536. The fourth-order valence-electron chi connectivity index (χ4n) is 2.33. The second-order valence-corrected chi connectivity index (χ2v) is 6.99. The minimum Gasteiger partial charge on any atom is -0.313 e. The van der Waals surface area contributed by atoms with E-state index in [4.69, 9.17) is 0 Å². The highest BCUT2D eigenvalue weighted by atomic mass is 32.2. The van der Waals surface area contributed by atoms with E-state index in [0.29, 0.717) is 12.1 Å². The van der Waals surface area contributed by atoms with Crippen LogP contribution in [0.3, 0.4) is 0 Å². The van der Waals surface area contributed by atoms with Gasteiger partial charge in [-0.3, -0.25) is 0 Å². The number of nitrogens with one attached hydrogen (secondary N) is 1.